The van der Waals surface area contributed by atoms with E-state index >= 15 is 0 Å². The fourth-order valence-corrected chi connectivity index (χ4v) is 2.68. The zero-order valence-electron chi connectivity index (χ0n) is 13.0. The minimum absolute atomic E-state index is 0.00841. The highest BCUT2D eigenvalue weighted by molar-refractivity contribution is 5.82. The number of aryl methyl sites for hydroxylation is 1. The Hall–Kier alpha value is -1.39. The first-order chi connectivity index (χ1) is 10.1. The topological polar surface area (TPSA) is 55.6 Å². The Kier molecular flexibility index (Phi) is 5.76. The Morgan fingerprint density at radius 3 is 2.57 bits per heavy atom. The first-order valence-electron chi connectivity index (χ1n) is 7.73. The summed E-state index contributed by atoms with van der Waals surface area (Å²) in [6, 6.07) is 7.29. The average Bonchev–Trinajstić information content (AvgIpc) is 2.53. The molecule has 1 aliphatic heterocycles. The van der Waals surface area contributed by atoms with E-state index in [1.54, 1.807) is 4.90 Å². The molecule has 1 aromatic rings. The lowest BCUT2D eigenvalue weighted by molar-refractivity contribution is -0.131. The molecule has 1 heterocycles. The molecule has 0 bridgehead atoms. The maximum absolute atomic E-state index is 12.4. The number of benzene rings is 1. The molecule has 1 aliphatic rings. The molecule has 1 aromatic carbocycles. The van der Waals surface area contributed by atoms with Crippen LogP contribution in [0.1, 0.15) is 36.4 Å². The van der Waals surface area contributed by atoms with E-state index in [-0.39, 0.29) is 5.91 Å². The standard InChI is InChI=1S/C17H26N2O2/c1-13-3-5-15(6-4-13)16(18)17(20)19(2)10-7-14-8-11-21-12-9-14/h3-6,14,16H,7-12,18H2,1-2H3. The summed E-state index contributed by atoms with van der Waals surface area (Å²) in [5, 5.41) is 0. The largest absolute Gasteiger partial charge is 0.381 e. The minimum atomic E-state index is -0.565. The quantitative estimate of drug-likeness (QED) is 0.905. The molecule has 116 valence electrons. The third-order valence-electron chi connectivity index (χ3n) is 4.29. The molecule has 1 amide bonds. The highest BCUT2D eigenvalue weighted by Gasteiger charge is 2.21. The number of hydrogen-bond acceptors (Lipinski definition) is 3. The molecule has 1 fully saturated rings. The van der Waals surface area contributed by atoms with E-state index in [0.29, 0.717) is 5.92 Å². The molecule has 21 heavy (non-hydrogen) atoms. The zero-order chi connectivity index (χ0) is 15.2. The van der Waals surface area contributed by atoms with Crippen molar-refractivity contribution >= 4 is 5.91 Å². The van der Waals surface area contributed by atoms with Gasteiger partial charge in [-0.15, -0.1) is 0 Å². The van der Waals surface area contributed by atoms with Gasteiger partial charge in [-0.2, -0.15) is 0 Å². The number of amides is 1. The van der Waals surface area contributed by atoms with Crippen molar-refractivity contribution in [1.29, 1.82) is 0 Å². The molecule has 0 radical (unpaired) electrons. The van der Waals surface area contributed by atoms with Gasteiger partial charge >= 0.3 is 0 Å². The number of nitrogens with zero attached hydrogens (tertiary/aromatic N) is 1. The van der Waals surface area contributed by atoms with E-state index in [2.05, 4.69) is 0 Å². The molecule has 4 nitrogen and oxygen atoms in total. The van der Waals surface area contributed by atoms with E-state index in [0.717, 1.165) is 44.6 Å². The fraction of sp³-hybridized carbons (Fsp3) is 0.588. The average molecular weight is 290 g/mol. The van der Waals surface area contributed by atoms with Crippen molar-refractivity contribution in [2.75, 3.05) is 26.8 Å². The summed E-state index contributed by atoms with van der Waals surface area (Å²) in [4.78, 5) is 14.1. The third-order valence-corrected chi connectivity index (χ3v) is 4.29. The van der Waals surface area contributed by atoms with E-state index in [9.17, 15) is 4.79 Å². The first-order valence-corrected chi connectivity index (χ1v) is 7.73. The van der Waals surface area contributed by atoms with Crippen LogP contribution in [0.5, 0.6) is 0 Å². The molecular weight excluding hydrogens is 264 g/mol. The normalized spacial score (nSPS) is 17.5. The van der Waals surface area contributed by atoms with Crippen LogP contribution in [0.25, 0.3) is 0 Å². The fourth-order valence-electron chi connectivity index (χ4n) is 2.68. The van der Waals surface area contributed by atoms with Crippen molar-refractivity contribution in [2.45, 2.75) is 32.2 Å². The second-order valence-corrected chi connectivity index (χ2v) is 5.99. The van der Waals surface area contributed by atoms with Gasteiger partial charge in [-0.3, -0.25) is 4.79 Å². The lowest BCUT2D eigenvalue weighted by atomic mass is 9.96. The Balaban J connectivity index is 1.84. The molecule has 1 saturated heterocycles. The van der Waals surface area contributed by atoms with Gasteiger partial charge in [0.05, 0.1) is 0 Å². The molecule has 0 saturated carbocycles. The van der Waals surface area contributed by atoms with E-state index < -0.39 is 6.04 Å². The second-order valence-electron chi connectivity index (χ2n) is 5.99. The van der Waals surface area contributed by atoms with E-state index in [1.165, 1.54) is 5.56 Å². The summed E-state index contributed by atoms with van der Waals surface area (Å²) in [6.07, 6.45) is 3.24. The molecule has 1 atom stereocenters. The van der Waals surface area contributed by atoms with Crippen LogP contribution in [0.15, 0.2) is 24.3 Å². The zero-order valence-corrected chi connectivity index (χ0v) is 13.0. The monoisotopic (exact) mass is 290 g/mol. The Morgan fingerprint density at radius 1 is 1.33 bits per heavy atom. The van der Waals surface area contributed by atoms with Crippen molar-refractivity contribution < 1.29 is 9.53 Å². The molecule has 4 heteroatoms. The smallest absolute Gasteiger partial charge is 0.243 e. The Morgan fingerprint density at radius 2 is 1.95 bits per heavy atom. The lowest BCUT2D eigenvalue weighted by Gasteiger charge is -2.26. The molecule has 0 spiro atoms. The maximum atomic E-state index is 12.4. The predicted octanol–water partition coefficient (Wildman–Crippen LogP) is 2.27. The van der Waals surface area contributed by atoms with Crippen molar-refractivity contribution in [2.24, 2.45) is 11.7 Å². The molecule has 2 rings (SSSR count). The van der Waals surface area contributed by atoms with Crippen LogP contribution in [-0.2, 0) is 9.53 Å². The summed E-state index contributed by atoms with van der Waals surface area (Å²) in [6.45, 7) is 4.50. The van der Waals surface area contributed by atoms with E-state index in [4.69, 9.17) is 10.5 Å². The van der Waals surface area contributed by atoms with Gasteiger partial charge in [0.25, 0.3) is 0 Å². The molecule has 0 aliphatic carbocycles. The van der Waals surface area contributed by atoms with Crippen LogP contribution in [-0.4, -0.2) is 37.6 Å². The SMILES string of the molecule is Cc1ccc(C(N)C(=O)N(C)CCC2CCOCC2)cc1. The highest BCUT2D eigenvalue weighted by atomic mass is 16.5. The van der Waals surface area contributed by atoms with Gasteiger partial charge in [-0.1, -0.05) is 29.8 Å². The molecular formula is C17H26N2O2. The number of likely N-dealkylation sites (N-methyl/N-ethyl adjacent to an activating group) is 1. The van der Waals surface area contributed by atoms with Gasteiger partial charge in [0.1, 0.15) is 6.04 Å². The van der Waals surface area contributed by atoms with Crippen molar-refractivity contribution in [3.8, 4) is 0 Å². The minimum Gasteiger partial charge on any atom is -0.381 e. The van der Waals surface area contributed by atoms with Crippen LogP contribution in [0.3, 0.4) is 0 Å². The van der Waals surface area contributed by atoms with Crippen molar-refractivity contribution in [1.82, 2.24) is 4.90 Å². The second kappa shape index (κ2) is 7.57. The van der Waals surface area contributed by atoms with E-state index in [1.807, 2.05) is 38.2 Å². The number of nitrogens with two attached hydrogens (primary N) is 1. The van der Waals surface area contributed by atoms with Gasteiger partial charge in [0.2, 0.25) is 5.91 Å². The first kappa shape index (κ1) is 16.0. The summed E-state index contributed by atoms with van der Waals surface area (Å²) in [5.41, 5.74) is 8.14. The predicted molar refractivity (Wildman–Crippen MR) is 83.9 cm³/mol. The Bertz CT molecular complexity index is 452. The summed E-state index contributed by atoms with van der Waals surface area (Å²) in [7, 11) is 1.84. The van der Waals surface area contributed by atoms with Crippen LogP contribution in [0, 0.1) is 12.8 Å². The van der Waals surface area contributed by atoms with Gasteiger partial charge in [0.15, 0.2) is 0 Å². The summed E-state index contributed by atoms with van der Waals surface area (Å²) in [5.74, 6) is 0.663. The number of carbonyl (C=O) groups is 1. The van der Waals surface area contributed by atoms with Gasteiger partial charge in [0, 0.05) is 26.8 Å². The van der Waals surface area contributed by atoms with Crippen molar-refractivity contribution in [3.63, 3.8) is 0 Å². The van der Waals surface area contributed by atoms with Crippen LogP contribution < -0.4 is 5.73 Å². The van der Waals surface area contributed by atoms with Gasteiger partial charge in [-0.05, 0) is 37.7 Å². The number of carbonyl (C=O) groups excluding carboxylic acids is 1. The van der Waals surface area contributed by atoms with Gasteiger partial charge < -0.3 is 15.4 Å². The van der Waals surface area contributed by atoms with Crippen LogP contribution >= 0.6 is 0 Å². The molecule has 2 N–H and O–H groups in total. The van der Waals surface area contributed by atoms with Crippen LogP contribution in [0.2, 0.25) is 0 Å². The Labute approximate surface area is 127 Å². The highest BCUT2D eigenvalue weighted by Crippen LogP contribution is 2.19. The van der Waals surface area contributed by atoms with Crippen molar-refractivity contribution in [3.05, 3.63) is 35.4 Å². The number of rotatable bonds is 5. The maximum Gasteiger partial charge on any atom is 0.243 e. The summed E-state index contributed by atoms with van der Waals surface area (Å²) < 4.78 is 5.36. The number of ether oxygens (including phenoxy) is 1. The molecule has 0 aromatic heterocycles. The lowest BCUT2D eigenvalue weighted by Crippen LogP contribution is -2.37. The third kappa shape index (κ3) is 4.55. The van der Waals surface area contributed by atoms with Gasteiger partial charge in [-0.25, -0.2) is 0 Å². The molecule has 1 unspecified atom stereocenters. The summed E-state index contributed by atoms with van der Waals surface area (Å²) >= 11 is 0. The number of hydrogen-bond donors (Lipinski definition) is 1. The van der Waals surface area contributed by atoms with Crippen LogP contribution in [0.4, 0.5) is 0 Å².